The third-order valence-electron chi connectivity index (χ3n) is 5.03. The monoisotopic (exact) mass is 389 g/mol. The second-order valence-electron chi connectivity index (χ2n) is 6.56. The van der Waals surface area contributed by atoms with Crippen molar-refractivity contribution in [2.75, 3.05) is 38.0 Å². The molecule has 2 aliphatic heterocycles. The fourth-order valence-corrected chi connectivity index (χ4v) is 4.89. The minimum absolute atomic E-state index is 0.221. The van der Waals surface area contributed by atoms with E-state index in [1.807, 2.05) is 33.7 Å². The number of hydrogen-bond acceptors (Lipinski definition) is 5. The van der Waals surface area contributed by atoms with Gasteiger partial charge in [-0.1, -0.05) is 12.1 Å². The van der Waals surface area contributed by atoms with Crippen LogP contribution in [-0.2, 0) is 5.72 Å². The molecular weight excluding hydrogens is 367 g/mol. The normalized spacial score (nSPS) is 22.0. The van der Waals surface area contributed by atoms with Crippen molar-refractivity contribution in [1.82, 2.24) is 0 Å². The lowest BCUT2D eigenvalue weighted by Gasteiger charge is -2.24. The number of benzene rings is 2. The predicted molar refractivity (Wildman–Crippen MR) is 104 cm³/mol. The summed E-state index contributed by atoms with van der Waals surface area (Å²) in [4.78, 5) is 2.02. The van der Waals surface area contributed by atoms with Gasteiger partial charge >= 0.3 is 5.17 Å². The zero-order valence-electron chi connectivity index (χ0n) is 15.3. The summed E-state index contributed by atoms with van der Waals surface area (Å²) in [6.45, 7) is 0.884. The first kappa shape index (κ1) is 18.1. The number of nitrogens with zero attached hydrogens (tertiary/aromatic N) is 2. The van der Waals surface area contributed by atoms with Gasteiger partial charge in [-0.25, -0.2) is 13.9 Å². The summed E-state index contributed by atoms with van der Waals surface area (Å²) in [6.07, 6.45) is 0.925. The van der Waals surface area contributed by atoms with Crippen LogP contribution in [0.25, 0.3) is 0 Å². The molecule has 142 valence electrons. The molecule has 0 amide bonds. The van der Waals surface area contributed by atoms with E-state index in [9.17, 15) is 9.50 Å². The molecule has 0 radical (unpaired) electrons. The van der Waals surface area contributed by atoms with Crippen LogP contribution >= 0.6 is 11.8 Å². The van der Waals surface area contributed by atoms with Gasteiger partial charge in [0.15, 0.2) is 18.0 Å². The molecule has 5 nitrogen and oxygen atoms in total. The average Bonchev–Trinajstić information content (AvgIpc) is 3.01. The van der Waals surface area contributed by atoms with Crippen LogP contribution in [0.4, 0.5) is 10.1 Å². The topological polar surface area (TPSA) is 44.9 Å². The van der Waals surface area contributed by atoms with E-state index in [0.29, 0.717) is 12.3 Å². The Balaban J connectivity index is 1.83. The highest BCUT2D eigenvalue weighted by Crippen LogP contribution is 2.41. The van der Waals surface area contributed by atoms with Crippen molar-refractivity contribution < 1.29 is 23.5 Å². The van der Waals surface area contributed by atoms with E-state index in [1.54, 1.807) is 31.0 Å². The molecule has 27 heavy (non-hydrogen) atoms. The summed E-state index contributed by atoms with van der Waals surface area (Å²) in [5.74, 6) is 1.62. The highest BCUT2D eigenvalue weighted by atomic mass is 32.2. The summed E-state index contributed by atoms with van der Waals surface area (Å²) < 4.78 is 27.4. The minimum Gasteiger partial charge on any atom is -0.497 e. The highest BCUT2D eigenvalue weighted by molar-refractivity contribution is 8.13. The van der Waals surface area contributed by atoms with Gasteiger partial charge in [0.05, 0.1) is 26.3 Å². The van der Waals surface area contributed by atoms with Gasteiger partial charge in [0.2, 0.25) is 0 Å². The first-order valence-corrected chi connectivity index (χ1v) is 9.81. The number of anilines is 1. The zero-order valence-corrected chi connectivity index (χ0v) is 16.1. The Bertz CT molecular complexity index is 905. The van der Waals surface area contributed by atoms with Crippen LogP contribution in [0.2, 0.25) is 0 Å². The molecule has 0 unspecified atom stereocenters. The van der Waals surface area contributed by atoms with Crippen LogP contribution in [0.3, 0.4) is 0 Å². The molecule has 0 saturated carbocycles. The summed E-state index contributed by atoms with van der Waals surface area (Å²) in [6, 6.07) is 12.3. The first-order valence-electron chi connectivity index (χ1n) is 8.83. The molecular formula is C20H22FN2O3S+. The third kappa shape index (κ3) is 2.95. The molecule has 1 atom stereocenters. The maximum absolute atomic E-state index is 14.8. The van der Waals surface area contributed by atoms with E-state index in [2.05, 4.69) is 0 Å². The molecule has 2 heterocycles. The van der Waals surface area contributed by atoms with Crippen molar-refractivity contribution in [3.63, 3.8) is 0 Å². The largest absolute Gasteiger partial charge is 0.497 e. The molecule has 4 rings (SSSR count). The Morgan fingerprint density at radius 3 is 2.74 bits per heavy atom. The standard InChI is InChI=1S/C20H22FN2O3S/c1-25-14-8-9-15(16(21)12-14)20(24)13-22(19-23(20)10-5-11-27-19)17-6-3-4-7-18(17)26-2/h3-4,6-9,12,24H,5,10-11,13H2,1-2H3/q+1/t20-/m1/s1. The van der Waals surface area contributed by atoms with E-state index < -0.39 is 11.5 Å². The van der Waals surface area contributed by atoms with Gasteiger partial charge in [-0.05, 0) is 42.4 Å². The molecule has 2 aliphatic rings. The van der Waals surface area contributed by atoms with Crippen LogP contribution in [0, 0.1) is 5.82 Å². The average molecular weight is 389 g/mol. The van der Waals surface area contributed by atoms with Gasteiger partial charge in [-0.15, -0.1) is 0 Å². The number of halogens is 1. The van der Waals surface area contributed by atoms with E-state index in [-0.39, 0.29) is 12.1 Å². The van der Waals surface area contributed by atoms with Gasteiger partial charge in [-0.3, -0.25) is 0 Å². The minimum atomic E-state index is -1.46. The number of amidine groups is 1. The van der Waals surface area contributed by atoms with Crippen LogP contribution in [0.1, 0.15) is 12.0 Å². The molecule has 2 aromatic carbocycles. The molecule has 0 spiro atoms. The van der Waals surface area contributed by atoms with Gasteiger partial charge in [0.1, 0.15) is 11.6 Å². The maximum Gasteiger partial charge on any atom is 0.316 e. The van der Waals surface area contributed by atoms with Crippen molar-refractivity contribution in [2.45, 2.75) is 12.1 Å². The molecule has 0 aromatic heterocycles. The van der Waals surface area contributed by atoms with E-state index in [0.717, 1.165) is 28.8 Å². The second kappa shape index (κ2) is 7.05. The van der Waals surface area contributed by atoms with Crippen LogP contribution in [0.15, 0.2) is 42.5 Å². The maximum atomic E-state index is 14.8. The fourth-order valence-electron chi connectivity index (χ4n) is 3.72. The highest BCUT2D eigenvalue weighted by Gasteiger charge is 2.54. The number of rotatable bonds is 4. The van der Waals surface area contributed by atoms with Crippen LogP contribution in [0.5, 0.6) is 11.5 Å². The van der Waals surface area contributed by atoms with Crippen molar-refractivity contribution >= 4 is 22.6 Å². The van der Waals surface area contributed by atoms with E-state index >= 15 is 0 Å². The van der Waals surface area contributed by atoms with Gasteiger partial charge in [-0.2, -0.15) is 0 Å². The molecule has 7 heteroatoms. The first-order chi connectivity index (χ1) is 13.1. The number of para-hydroxylation sites is 2. The Morgan fingerprint density at radius 2 is 2.00 bits per heavy atom. The van der Waals surface area contributed by atoms with Gasteiger partial charge in [0.25, 0.3) is 5.72 Å². The summed E-state index contributed by atoms with van der Waals surface area (Å²) >= 11 is 1.67. The predicted octanol–water partition coefficient (Wildman–Crippen LogP) is 3.01. The van der Waals surface area contributed by atoms with Crippen LogP contribution in [-0.4, -0.2) is 47.9 Å². The second-order valence-corrected chi connectivity index (χ2v) is 7.62. The van der Waals surface area contributed by atoms with Crippen molar-refractivity contribution in [1.29, 1.82) is 0 Å². The number of β-amino-alcohol motifs (C(OH)–C–C–N with tert-alkyl or cyclic N) is 1. The lowest BCUT2D eigenvalue weighted by Crippen LogP contribution is -2.42. The Kier molecular flexibility index (Phi) is 4.74. The number of ether oxygens (including phenoxy) is 2. The van der Waals surface area contributed by atoms with Crippen molar-refractivity contribution in [3.05, 3.63) is 53.8 Å². The molecule has 2 aromatic rings. The number of aliphatic hydroxyl groups is 1. The molecule has 0 fully saturated rings. The van der Waals surface area contributed by atoms with Crippen LogP contribution < -0.4 is 14.4 Å². The van der Waals surface area contributed by atoms with Crippen molar-refractivity contribution in [3.8, 4) is 11.5 Å². The quantitative estimate of drug-likeness (QED) is 0.815. The SMILES string of the molecule is COc1ccc([C@]2(O)CN(c3ccccc3OC)C3=[N+]2CCCS3)c(F)c1. The van der Waals surface area contributed by atoms with Crippen molar-refractivity contribution in [2.24, 2.45) is 0 Å². The smallest absolute Gasteiger partial charge is 0.316 e. The summed E-state index contributed by atoms with van der Waals surface area (Å²) in [5, 5.41) is 12.5. The number of thioether (sulfide) groups is 1. The zero-order chi connectivity index (χ0) is 19.0. The lowest BCUT2D eigenvalue weighted by atomic mass is 10.0. The van der Waals surface area contributed by atoms with Gasteiger partial charge < -0.3 is 14.6 Å². The molecule has 0 aliphatic carbocycles. The van der Waals surface area contributed by atoms with E-state index in [1.165, 1.54) is 13.2 Å². The summed E-state index contributed by atoms with van der Waals surface area (Å²) in [7, 11) is 3.12. The third-order valence-corrected chi connectivity index (χ3v) is 6.22. The fraction of sp³-hybridized carbons (Fsp3) is 0.350. The number of hydrogen-bond donors (Lipinski definition) is 1. The Hall–Kier alpha value is -2.25. The molecule has 0 saturated heterocycles. The molecule has 0 bridgehead atoms. The van der Waals surface area contributed by atoms with Gasteiger partial charge in [0, 0.05) is 11.8 Å². The Labute approximate surface area is 162 Å². The molecule has 1 N–H and O–H groups in total. The summed E-state index contributed by atoms with van der Waals surface area (Å²) in [5.41, 5.74) is -0.347. The lowest BCUT2D eigenvalue weighted by molar-refractivity contribution is -0.657. The number of methoxy groups -OCH3 is 2. The van der Waals surface area contributed by atoms with E-state index in [4.69, 9.17) is 9.47 Å². The Morgan fingerprint density at radius 1 is 1.19 bits per heavy atom.